The fraction of sp³-hybridized carbons (Fsp3) is 0.444. The molecule has 0 radical (unpaired) electrons. The number of nitrogens with zero attached hydrogens (tertiary/aromatic N) is 1. The van der Waals surface area contributed by atoms with Gasteiger partial charge in [0.1, 0.15) is 12.1 Å². The van der Waals surface area contributed by atoms with Crippen molar-refractivity contribution in [3.05, 3.63) is 71.8 Å². The topological polar surface area (TPSA) is 102 Å². The lowest BCUT2D eigenvalue weighted by atomic mass is 10.0. The third kappa shape index (κ3) is 7.15. The molecule has 0 spiro atoms. The van der Waals surface area contributed by atoms with Gasteiger partial charge in [0.25, 0.3) is 0 Å². The van der Waals surface area contributed by atoms with Gasteiger partial charge in [0.15, 0.2) is 0 Å². The van der Waals surface area contributed by atoms with Gasteiger partial charge < -0.3 is 20.7 Å². The summed E-state index contributed by atoms with van der Waals surface area (Å²) >= 11 is 0. The zero-order chi connectivity index (χ0) is 25.1. The van der Waals surface area contributed by atoms with Gasteiger partial charge in [0.2, 0.25) is 11.8 Å². The van der Waals surface area contributed by atoms with Gasteiger partial charge in [-0.2, -0.15) is 0 Å². The maximum atomic E-state index is 13.2. The number of likely N-dealkylation sites (tertiary alicyclic amines) is 1. The molecule has 4 atom stereocenters. The van der Waals surface area contributed by atoms with Crippen LogP contribution in [0.15, 0.2) is 60.7 Å². The fourth-order valence-electron chi connectivity index (χ4n) is 4.18. The van der Waals surface area contributed by atoms with Crippen LogP contribution in [0.2, 0.25) is 0 Å². The standard InChI is InChI=1S/C25H31N3O4.C2H6/c1-17-15-21(27-23(29)20(26)14-13-18-9-5-3-6-10-18)24(30)28(17)22(25(31)32-2)16-19-11-7-4-8-12-19;1-2/h3-12,17,20-22H,13-16,26H2,1-2H3,(H,27,29);1-2H3/t17?,20-,21?,22-;/m0./s1. The SMILES string of the molecule is CC.COC(=O)[C@H](Cc1ccccc1)N1C(=O)C(NC(=O)[C@@H](N)CCc2ccccc2)CC1C. The Bertz CT molecular complexity index is 920. The minimum atomic E-state index is -0.751. The summed E-state index contributed by atoms with van der Waals surface area (Å²) in [5.41, 5.74) is 8.11. The Balaban J connectivity index is 0.00000199. The second-order valence-electron chi connectivity index (χ2n) is 8.25. The van der Waals surface area contributed by atoms with E-state index in [1.807, 2.05) is 81.4 Å². The van der Waals surface area contributed by atoms with Crippen molar-refractivity contribution < 1.29 is 19.1 Å². The largest absolute Gasteiger partial charge is 0.467 e. The van der Waals surface area contributed by atoms with Gasteiger partial charge in [-0.05, 0) is 37.3 Å². The van der Waals surface area contributed by atoms with Crippen molar-refractivity contribution in [2.75, 3.05) is 7.11 Å². The van der Waals surface area contributed by atoms with Crippen molar-refractivity contribution >= 4 is 17.8 Å². The smallest absolute Gasteiger partial charge is 0.328 e. The van der Waals surface area contributed by atoms with Crippen molar-refractivity contribution in [2.24, 2.45) is 5.73 Å². The summed E-state index contributed by atoms with van der Waals surface area (Å²) in [6, 6.07) is 16.9. The number of rotatable bonds is 9. The highest BCUT2D eigenvalue weighted by molar-refractivity contribution is 5.93. The Morgan fingerprint density at radius 3 is 2.18 bits per heavy atom. The third-order valence-corrected chi connectivity index (χ3v) is 5.93. The Morgan fingerprint density at radius 2 is 1.62 bits per heavy atom. The average molecular weight is 468 g/mol. The molecule has 2 aromatic carbocycles. The molecule has 1 fully saturated rings. The molecule has 2 amide bonds. The zero-order valence-electron chi connectivity index (χ0n) is 20.6. The zero-order valence-corrected chi connectivity index (χ0v) is 20.6. The molecule has 1 heterocycles. The van der Waals surface area contributed by atoms with Gasteiger partial charge in [-0.15, -0.1) is 0 Å². The molecule has 0 aliphatic carbocycles. The van der Waals surface area contributed by atoms with Crippen molar-refractivity contribution in [3.63, 3.8) is 0 Å². The summed E-state index contributed by atoms with van der Waals surface area (Å²) in [6.07, 6.45) is 1.92. The molecule has 0 aromatic heterocycles. The van der Waals surface area contributed by atoms with E-state index in [0.29, 0.717) is 25.7 Å². The molecule has 7 heteroatoms. The van der Waals surface area contributed by atoms with E-state index in [2.05, 4.69) is 5.32 Å². The molecular weight excluding hydrogens is 430 g/mol. The highest BCUT2D eigenvalue weighted by Crippen LogP contribution is 2.25. The first-order valence-corrected chi connectivity index (χ1v) is 11.9. The lowest BCUT2D eigenvalue weighted by Gasteiger charge is -2.30. The molecule has 1 aliphatic rings. The second-order valence-corrected chi connectivity index (χ2v) is 8.25. The van der Waals surface area contributed by atoms with Crippen LogP contribution < -0.4 is 11.1 Å². The van der Waals surface area contributed by atoms with Crippen LogP contribution in [0.5, 0.6) is 0 Å². The first-order chi connectivity index (χ1) is 16.4. The molecule has 0 bridgehead atoms. The van der Waals surface area contributed by atoms with E-state index in [0.717, 1.165) is 11.1 Å². The van der Waals surface area contributed by atoms with Gasteiger partial charge in [0, 0.05) is 12.5 Å². The van der Waals surface area contributed by atoms with E-state index >= 15 is 0 Å². The van der Waals surface area contributed by atoms with Gasteiger partial charge >= 0.3 is 5.97 Å². The van der Waals surface area contributed by atoms with Crippen LogP contribution in [0.1, 0.15) is 44.7 Å². The summed E-state index contributed by atoms with van der Waals surface area (Å²) in [6.45, 7) is 5.88. The monoisotopic (exact) mass is 467 g/mol. The summed E-state index contributed by atoms with van der Waals surface area (Å²) in [5.74, 6) is -1.11. The molecule has 7 nitrogen and oxygen atoms in total. The van der Waals surface area contributed by atoms with E-state index < -0.39 is 24.1 Å². The number of esters is 1. The number of carbonyl (C=O) groups excluding carboxylic acids is 3. The molecule has 2 aromatic rings. The van der Waals surface area contributed by atoms with Crippen LogP contribution in [0.25, 0.3) is 0 Å². The first-order valence-electron chi connectivity index (χ1n) is 11.9. The summed E-state index contributed by atoms with van der Waals surface area (Å²) < 4.78 is 4.98. The van der Waals surface area contributed by atoms with Crippen LogP contribution in [0.3, 0.4) is 0 Å². The first kappa shape index (κ1) is 27.1. The second kappa shape index (κ2) is 13.5. The number of carbonyl (C=O) groups is 3. The third-order valence-electron chi connectivity index (χ3n) is 5.93. The fourth-order valence-corrected chi connectivity index (χ4v) is 4.18. The van der Waals surface area contributed by atoms with Crippen molar-refractivity contribution in [1.82, 2.24) is 10.2 Å². The Morgan fingerprint density at radius 1 is 1.06 bits per heavy atom. The van der Waals surface area contributed by atoms with Crippen LogP contribution in [-0.4, -0.2) is 54.0 Å². The molecule has 1 aliphatic heterocycles. The number of hydrogen-bond donors (Lipinski definition) is 2. The number of aryl methyl sites for hydroxylation is 1. The number of ether oxygens (including phenoxy) is 1. The van der Waals surface area contributed by atoms with Crippen LogP contribution in [0.4, 0.5) is 0 Å². The van der Waals surface area contributed by atoms with Crippen molar-refractivity contribution in [2.45, 2.75) is 70.6 Å². The van der Waals surface area contributed by atoms with E-state index in [4.69, 9.17) is 10.5 Å². The normalized spacial score (nSPS) is 19.0. The van der Waals surface area contributed by atoms with Gasteiger partial charge in [-0.25, -0.2) is 4.79 Å². The molecule has 0 saturated carbocycles. The number of nitrogens with one attached hydrogen (secondary N) is 1. The van der Waals surface area contributed by atoms with E-state index in [1.165, 1.54) is 7.11 Å². The molecule has 2 unspecified atom stereocenters. The molecule has 3 rings (SSSR count). The lowest BCUT2D eigenvalue weighted by Crippen LogP contribution is -2.52. The van der Waals surface area contributed by atoms with Crippen LogP contribution in [0, 0.1) is 0 Å². The number of hydrogen-bond acceptors (Lipinski definition) is 5. The van der Waals surface area contributed by atoms with Crippen molar-refractivity contribution in [1.29, 1.82) is 0 Å². The number of methoxy groups -OCH3 is 1. The molecule has 3 N–H and O–H groups in total. The quantitative estimate of drug-likeness (QED) is 0.552. The average Bonchev–Trinajstić information content (AvgIpc) is 3.15. The highest BCUT2D eigenvalue weighted by Gasteiger charge is 2.44. The predicted molar refractivity (Wildman–Crippen MR) is 133 cm³/mol. The Kier molecular flexibility index (Phi) is 10.7. The van der Waals surface area contributed by atoms with E-state index in [-0.39, 0.29) is 17.9 Å². The lowest BCUT2D eigenvalue weighted by molar-refractivity contribution is -0.152. The number of benzene rings is 2. The number of amides is 2. The highest BCUT2D eigenvalue weighted by atomic mass is 16.5. The van der Waals surface area contributed by atoms with Crippen LogP contribution in [-0.2, 0) is 32.0 Å². The Hall–Kier alpha value is -3.19. The molecule has 1 saturated heterocycles. The summed E-state index contributed by atoms with van der Waals surface area (Å²) in [5, 5.41) is 2.79. The van der Waals surface area contributed by atoms with Crippen molar-refractivity contribution in [3.8, 4) is 0 Å². The van der Waals surface area contributed by atoms with Gasteiger partial charge in [-0.1, -0.05) is 74.5 Å². The van der Waals surface area contributed by atoms with E-state index in [1.54, 1.807) is 4.90 Å². The minimum absolute atomic E-state index is 0.221. The van der Waals surface area contributed by atoms with Gasteiger partial charge in [-0.3, -0.25) is 9.59 Å². The Labute approximate surface area is 202 Å². The van der Waals surface area contributed by atoms with Gasteiger partial charge in [0.05, 0.1) is 13.2 Å². The summed E-state index contributed by atoms with van der Waals surface area (Å²) in [4.78, 5) is 39.9. The predicted octanol–water partition coefficient (Wildman–Crippen LogP) is 2.86. The van der Waals surface area contributed by atoms with E-state index in [9.17, 15) is 14.4 Å². The minimum Gasteiger partial charge on any atom is -0.467 e. The molecular formula is C27H37N3O4. The molecule has 34 heavy (non-hydrogen) atoms. The molecule has 184 valence electrons. The maximum absolute atomic E-state index is 13.2. The number of nitrogens with two attached hydrogens (primary N) is 1. The summed E-state index contributed by atoms with van der Waals surface area (Å²) in [7, 11) is 1.32. The maximum Gasteiger partial charge on any atom is 0.328 e. The van der Waals surface area contributed by atoms with Crippen LogP contribution >= 0.6 is 0 Å².